The number of benzene rings is 2. The lowest BCUT2D eigenvalue weighted by Crippen LogP contribution is -2.55. The van der Waals surface area contributed by atoms with E-state index in [0.717, 1.165) is 68.1 Å². The molecule has 34 heavy (non-hydrogen) atoms. The largest absolute Gasteiger partial charge is 0.356 e. The third kappa shape index (κ3) is 6.05. The number of nitrogens with one attached hydrogen (secondary N) is 3. The van der Waals surface area contributed by atoms with E-state index in [1.165, 1.54) is 18.5 Å². The van der Waals surface area contributed by atoms with Gasteiger partial charge >= 0.3 is 0 Å². The van der Waals surface area contributed by atoms with Gasteiger partial charge in [-0.25, -0.2) is 4.98 Å². The molecule has 0 saturated carbocycles. The molecule has 3 atom stereocenters. The Labute approximate surface area is 202 Å². The van der Waals surface area contributed by atoms with Gasteiger partial charge in [0.15, 0.2) is 0 Å². The summed E-state index contributed by atoms with van der Waals surface area (Å²) in [5.74, 6) is 2.62. The standard InChI is InChI=1S/C28H37N5O/c34-28(29-15-7-13-27-31-25-10-4-5-11-26(25)32-27)14-6-12-24-23-16-22(17-30-24)19-33(20-23)18-21-8-2-1-3-9-21/h1-5,8-11,22-24,30H,6-7,12-20H2,(H,29,34)(H,31,32)/t22-,23+,24+/m0/s1. The minimum atomic E-state index is 0.174. The number of H-pyrrole nitrogens is 1. The third-order valence-electron chi connectivity index (χ3n) is 7.40. The number of imidazole rings is 1. The fourth-order valence-corrected chi connectivity index (χ4v) is 5.76. The number of nitrogens with zero attached hydrogens (tertiary/aromatic N) is 2. The van der Waals surface area contributed by atoms with Gasteiger partial charge < -0.3 is 15.6 Å². The van der Waals surface area contributed by atoms with E-state index in [2.05, 4.69) is 55.8 Å². The van der Waals surface area contributed by atoms with Crippen molar-refractivity contribution in [1.29, 1.82) is 0 Å². The summed E-state index contributed by atoms with van der Waals surface area (Å²) in [4.78, 5) is 22.9. The van der Waals surface area contributed by atoms with Crippen LogP contribution in [0.2, 0.25) is 0 Å². The minimum Gasteiger partial charge on any atom is -0.356 e. The smallest absolute Gasteiger partial charge is 0.219 e. The number of fused-ring (bicyclic) bond motifs is 3. The number of likely N-dealkylation sites (tertiary alicyclic amines) is 1. The van der Waals surface area contributed by atoms with Crippen molar-refractivity contribution in [2.75, 3.05) is 26.2 Å². The van der Waals surface area contributed by atoms with Crippen LogP contribution >= 0.6 is 0 Å². The van der Waals surface area contributed by atoms with E-state index in [1.54, 1.807) is 0 Å². The lowest BCUT2D eigenvalue weighted by Gasteiger charge is -2.46. The zero-order valence-corrected chi connectivity index (χ0v) is 20.0. The van der Waals surface area contributed by atoms with Gasteiger partial charge in [0.05, 0.1) is 11.0 Å². The van der Waals surface area contributed by atoms with Crippen LogP contribution in [-0.4, -0.2) is 53.0 Å². The second-order valence-electron chi connectivity index (χ2n) is 10.1. The third-order valence-corrected chi connectivity index (χ3v) is 7.40. The fraction of sp³-hybridized carbons (Fsp3) is 0.500. The van der Waals surface area contributed by atoms with Crippen LogP contribution in [0.25, 0.3) is 11.0 Å². The molecule has 3 aromatic rings. The van der Waals surface area contributed by atoms with Crippen molar-refractivity contribution in [3.8, 4) is 0 Å². The van der Waals surface area contributed by atoms with Crippen LogP contribution in [0.5, 0.6) is 0 Å². The Morgan fingerprint density at radius 1 is 1.06 bits per heavy atom. The van der Waals surface area contributed by atoms with Crippen molar-refractivity contribution in [3.05, 3.63) is 66.0 Å². The molecule has 3 heterocycles. The molecule has 180 valence electrons. The van der Waals surface area contributed by atoms with Crippen LogP contribution in [0.15, 0.2) is 54.6 Å². The van der Waals surface area contributed by atoms with Crippen LogP contribution in [0.3, 0.4) is 0 Å². The summed E-state index contributed by atoms with van der Waals surface area (Å²) in [5.41, 5.74) is 3.49. The molecule has 0 spiro atoms. The van der Waals surface area contributed by atoms with Crippen LogP contribution in [0.1, 0.15) is 43.5 Å². The molecule has 0 unspecified atom stereocenters. The number of aryl methyl sites for hydroxylation is 1. The Balaban J connectivity index is 0.991. The maximum absolute atomic E-state index is 12.3. The van der Waals surface area contributed by atoms with E-state index < -0.39 is 0 Å². The maximum Gasteiger partial charge on any atom is 0.219 e. The molecule has 5 rings (SSSR count). The minimum absolute atomic E-state index is 0.174. The normalized spacial score (nSPS) is 22.6. The topological polar surface area (TPSA) is 73.1 Å². The van der Waals surface area contributed by atoms with Gasteiger partial charge in [0, 0.05) is 45.1 Å². The van der Waals surface area contributed by atoms with E-state index in [4.69, 9.17) is 0 Å². The van der Waals surface area contributed by atoms with Gasteiger partial charge in [0.1, 0.15) is 5.82 Å². The summed E-state index contributed by atoms with van der Waals surface area (Å²) in [6.07, 6.45) is 5.74. The number of hydrogen-bond acceptors (Lipinski definition) is 4. The molecule has 2 aromatic carbocycles. The summed E-state index contributed by atoms with van der Waals surface area (Å²) < 4.78 is 0. The first-order chi connectivity index (χ1) is 16.7. The monoisotopic (exact) mass is 459 g/mol. The van der Waals surface area contributed by atoms with Crippen LogP contribution < -0.4 is 10.6 Å². The number of carbonyl (C=O) groups is 1. The molecule has 6 nitrogen and oxygen atoms in total. The molecule has 3 N–H and O–H groups in total. The predicted molar refractivity (Wildman–Crippen MR) is 136 cm³/mol. The van der Waals surface area contributed by atoms with Crippen molar-refractivity contribution in [1.82, 2.24) is 25.5 Å². The van der Waals surface area contributed by atoms with Gasteiger partial charge in [-0.1, -0.05) is 42.5 Å². The molecule has 2 bridgehead atoms. The van der Waals surface area contributed by atoms with Gasteiger partial charge in [-0.2, -0.15) is 0 Å². The fourth-order valence-electron chi connectivity index (χ4n) is 5.76. The first kappa shape index (κ1) is 23.1. The Hall–Kier alpha value is -2.70. The number of aromatic amines is 1. The van der Waals surface area contributed by atoms with Crippen LogP contribution in [0.4, 0.5) is 0 Å². The molecule has 1 aromatic heterocycles. The lowest BCUT2D eigenvalue weighted by molar-refractivity contribution is -0.121. The van der Waals surface area contributed by atoms with Crippen molar-refractivity contribution in [2.45, 2.75) is 51.1 Å². The van der Waals surface area contributed by atoms with E-state index >= 15 is 0 Å². The van der Waals surface area contributed by atoms with Crippen molar-refractivity contribution in [3.63, 3.8) is 0 Å². The first-order valence-corrected chi connectivity index (χ1v) is 12.9. The molecule has 1 amide bonds. The molecule has 2 aliphatic heterocycles. The quantitative estimate of drug-likeness (QED) is 0.402. The lowest BCUT2D eigenvalue weighted by atomic mass is 9.79. The van der Waals surface area contributed by atoms with E-state index in [-0.39, 0.29) is 5.91 Å². The number of hydrogen-bond donors (Lipinski definition) is 3. The molecule has 0 radical (unpaired) electrons. The van der Waals surface area contributed by atoms with Gasteiger partial charge in [0.2, 0.25) is 5.91 Å². The molecule has 2 saturated heterocycles. The van der Waals surface area contributed by atoms with E-state index in [1.807, 2.05) is 24.3 Å². The molecule has 6 heteroatoms. The summed E-state index contributed by atoms with van der Waals surface area (Å²) >= 11 is 0. The number of piperidine rings is 2. The molecule has 2 aliphatic rings. The second-order valence-corrected chi connectivity index (χ2v) is 10.1. The van der Waals surface area contributed by atoms with Crippen LogP contribution in [0, 0.1) is 11.8 Å². The van der Waals surface area contributed by atoms with Gasteiger partial charge in [-0.15, -0.1) is 0 Å². The van der Waals surface area contributed by atoms with E-state index in [0.29, 0.717) is 24.9 Å². The van der Waals surface area contributed by atoms with Crippen molar-refractivity contribution in [2.24, 2.45) is 11.8 Å². The predicted octanol–water partition coefficient (Wildman–Crippen LogP) is 3.89. The Kier molecular flexibility index (Phi) is 7.56. The average molecular weight is 460 g/mol. The van der Waals surface area contributed by atoms with Gasteiger partial charge in [0.25, 0.3) is 0 Å². The summed E-state index contributed by atoms with van der Waals surface area (Å²) in [6.45, 7) is 5.23. The highest BCUT2D eigenvalue weighted by Gasteiger charge is 2.36. The Morgan fingerprint density at radius 3 is 2.79 bits per heavy atom. The highest BCUT2D eigenvalue weighted by atomic mass is 16.1. The number of rotatable bonds is 10. The summed E-state index contributed by atoms with van der Waals surface area (Å²) in [6, 6.07) is 19.4. The number of para-hydroxylation sites is 2. The first-order valence-electron chi connectivity index (χ1n) is 12.9. The molecule has 2 fully saturated rings. The molecular formula is C28H37N5O. The molecular weight excluding hydrogens is 422 g/mol. The zero-order chi connectivity index (χ0) is 23.2. The average Bonchev–Trinajstić information content (AvgIpc) is 3.27. The zero-order valence-electron chi connectivity index (χ0n) is 20.0. The Morgan fingerprint density at radius 2 is 1.91 bits per heavy atom. The van der Waals surface area contributed by atoms with Crippen molar-refractivity contribution < 1.29 is 4.79 Å². The highest BCUT2D eigenvalue weighted by molar-refractivity contribution is 5.76. The Bertz CT molecular complexity index is 1030. The maximum atomic E-state index is 12.3. The number of aromatic nitrogens is 2. The van der Waals surface area contributed by atoms with Crippen molar-refractivity contribution >= 4 is 16.9 Å². The summed E-state index contributed by atoms with van der Waals surface area (Å²) in [5, 5.41) is 6.88. The molecule has 0 aliphatic carbocycles. The van der Waals surface area contributed by atoms with E-state index in [9.17, 15) is 4.79 Å². The van der Waals surface area contributed by atoms with Gasteiger partial charge in [-0.05, 0) is 61.8 Å². The second kappa shape index (κ2) is 11.2. The van der Waals surface area contributed by atoms with Gasteiger partial charge in [-0.3, -0.25) is 9.69 Å². The SMILES string of the molecule is O=C(CCC[C@H]1NC[C@@H]2C[C@@H]1CN(Cc1ccccc1)C2)NCCCc1nc2ccccc2[nH]1. The number of amides is 1. The summed E-state index contributed by atoms with van der Waals surface area (Å²) in [7, 11) is 0. The van der Waals surface area contributed by atoms with Crippen LogP contribution in [-0.2, 0) is 17.8 Å². The number of carbonyl (C=O) groups excluding carboxylic acids is 1. The highest BCUT2D eigenvalue weighted by Crippen LogP contribution is 2.31.